The first-order valence-electron chi connectivity index (χ1n) is 7.39. The van der Waals surface area contributed by atoms with Crippen molar-refractivity contribution >= 4 is 5.91 Å². The van der Waals surface area contributed by atoms with Crippen LogP contribution in [0.1, 0.15) is 57.1 Å². The van der Waals surface area contributed by atoms with E-state index in [1.807, 2.05) is 23.0 Å². The van der Waals surface area contributed by atoms with Crippen molar-refractivity contribution < 1.29 is 4.79 Å². The highest BCUT2D eigenvalue weighted by Gasteiger charge is 2.17. The number of nitrogens with two attached hydrogens (primary N) is 1. The van der Waals surface area contributed by atoms with Crippen LogP contribution in [0.25, 0.3) is 0 Å². The third kappa shape index (κ3) is 4.10. The maximum Gasteiger partial charge on any atom is 0.240 e. The maximum absolute atomic E-state index is 11.9. The van der Waals surface area contributed by atoms with Gasteiger partial charge in [0.15, 0.2) is 0 Å². The standard InChI is InChI=1S/C15H25N3O/c1-2-5-14(16)12-8-9-18(10-12)11-15(19)17-13-6-3-4-7-13/h8-10,13-14H,2-7,11,16H2,1H3,(H,17,19). The fourth-order valence-corrected chi connectivity index (χ4v) is 2.76. The highest BCUT2D eigenvalue weighted by molar-refractivity contribution is 5.76. The van der Waals surface area contributed by atoms with Crippen LogP contribution in [0, 0.1) is 0 Å². The molecule has 1 aliphatic carbocycles. The molecule has 1 unspecified atom stereocenters. The van der Waals surface area contributed by atoms with Crippen molar-refractivity contribution in [2.45, 2.75) is 64.1 Å². The van der Waals surface area contributed by atoms with E-state index < -0.39 is 0 Å². The van der Waals surface area contributed by atoms with Crippen molar-refractivity contribution in [1.82, 2.24) is 9.88 Å². The minimum absolute atomic E-state index is 0.0872. The Morgan fingerprint density at radius 1 is 1.53 bits per heavy atom. The zero-order chi connectivity index (χ0) is 13.7. The van der Waals surface area contributed by atoms with Gasteiger partial charge in [-0.25, -0.2) is 0 Å². The lowest BCUT2D eigenvalue weighted by Crippen LogP contribution is -2.34. The maximum atomic E-state index is 11.9. The Morgan fingerprint density at radius 2 is 2.26 bits per heavy atom. The van der Waals surface area contributed by atoms with Gasteiger partial charge >= 0.3 is 0 Å². The summed E-state index contributed by atoms with van der Waals surface area (Å²) in [6.07, 6.45) is 10.7. The molecule has 0 aromatic carbocycles. The summed E-state index contributed by atoms with van der Waals surface area (Å²) in [5.74, 6) is 0.109. The fraction of sp³-hybridized carbons (Fsp3) is 0.667. The van der Waals surface area contributed by atoms with Gasteiger partial charge in [0.2, 0.25) is 5.91 Å². The third-order valence-corrected chi connectivity index (χ3v) is 3.85. The molecule has 1 heterocycles. The number of aromatic nitrogens is 1. The molecule has 1 saturated carbocycles. The van der Waals surface area contributed by atoms with E-state index in [4.69, 9.17) is 5.73 Å². The number of carbonyl (C=O) groups is 1. The van der Waals surface area contributed by atoms with E-state index in [1.165, 1.54) is 12.8 Å². The molecule has 1 aromatic rings. The van der Waals surface area contributed by atoms with Crippen LogP contribution >= 0.6 is 0 Å². The van der Waals surface area contributed by atoms with Crippen LogP contribution in [0.4, 0.5) is 0 Å². The van der Waals surface area contributed by atoms with Gasteiger partial charge in [-0.2, -0.15) is 0 Å². The predicted molar refractivity (Wildman–Crippen MR) is 76.7 cm³/mol. The predicted octanol–water partition coefficient (Wildman–Crippen LogP) is 2.35. The van der Waals surface area contributed by atoms with E-state index >= 15 is 0 Å². The molecule has 0 aliphatic heterocycles. The van der Waals surface area contributed by atoms with Crippen molar-refractivity contribution in [2.75, 3.05) is 0 Å². The quantitative estimate of drug-likeness (QED) is 0.827. The van der Waals surface area contributed by atoms with E-state index in [-0.39, 0.29) is 11.9 Å². The van der Waals surface area contributed by atoms with E-state index in [9.17, 15) is 4.79 Å². The smallest absolute Gasteiger partial charge is 0.240 e. The van der Waals surface area contributed by atoms with Crippen LogP contribution in [0.2, 0.25) is 0 Å². The van der Waals surface area contributed by atoms with Gasteiger partial charge in [-0.15, -0.1) is 0 Å². The normalized spacial score (nSPS) is 17.6. The Labute approximate surface area is 115 Å². The first kappa shape index (κ1) is 14.1. The molecule has 3 N–H and O–H groups in total. The summed E-state index contributed by atoms with van der Waals surface area (Å²) < 4.78 is 1.93. The summed E-state index contributed by atoms with van der Waals surface area (Å²) in [6, 6.07) is 2.50. The molecule has 0 saturated heterocycles. The van der Waals surface area contributed by atoms with Crippen LogP contribution in [0.3, 0.4) is 0 Å². The summed E-state index contributed by atoms with van der Waals surface area (Å²) in [6.45, 7) is 2.53. The van der Waals surface area contributed by atoms with Crippen molar-refractivity contribution in [2.24, 2.45) is 5.73 Å². The third-order valence-electron chi connectivity index (χ3n) is 3.85. The summed E-state index contributed by atoms with van der Waals surface area (Å²) in [4.78, 5) is 11.9. The van der Waals surface area contributed by atoms with Gasteiger partial charge < -0.3 is 15.6 Å². The average molecular weight is 263 g/mol. The number of nitrogens with one attached hydrogen (secondary N) is 1. The lowest BCUT2D eigenvalue weighted by molar-refractivity contribution is -0.122. The SMILES string of the molecule is CCCC(N)c1ccn(CC(=O)NC2CCCC2)c1. The molecule has 1 fully saturated rings. The van der Waals surface area contributed by atoms with Crippen molar-refractivity contribution in [3.63, 3.8) is 0 Å². The molecular formula is C15H25N3O. The lowest BCUT2D eigenvalue weighted by atomic mass is 10.1. The largest absolute Gasteiger partial charge is 0.352 e. The zero-order valence-corrected chi connectivity index (χ0v) is 11.8. The summed E-state index contributed by atoms with van der Waals surface area (Å²) in [5, 5.41) is 3.10. The number of carbonyl (C=O) groups excluding carboxylic acids is 1. The zero-order valence-electron chi connectivity index (χ0n) is 11.8. The number of nitrogens with zero attached hydrogens (tertiary/aromatic N) is 1. The highest BCUT2D eigenvalue weighted by Crippen LogP contribution is 2.18. The first-order valence-corrected chi connectivity index (χ1v) is 7.39. The van der Waals surface area contributed by atoms with Crippen molar-refractivity contribution in [3.8, 4) is 0 Å². The molecule has 0 radical (unpaired) electrons. The molecule has 1 aliphatic rings. The Bertz CT molecular complexity index is 407. The van der Waals surface area contributed by atoms with Crippen molar-refractivity contribution in [3.05, 3.63) is 24.0 Å². The second-order valence-electron chi connectivity index (χ2n) is 5.56. The molecule has 0 spiro atoms. The van der Waals surface area contributed by atoms with Crippen LogP contribution < -0.4 is 11.1 Å². The van der Waals surface area contributed by atoms with Crippen molar-refractivity contribution in [1.29, 1.82) is 0 Å². The fourth-order valence-electron chi connectivity index (χ4n) is 2.76. The molecule has 1 amide bonds. The second kappa shape index (κ2) is 6.75. The van der Waals surface area contributed by atoms with Gasteiger partial charge in [-0.1, -0.05) is 26.2 Å². The van der Waals surface area contributed by atoms with Gasteiger partial charge in [0.05, 0.1) is 0 Å². The first-order chi connectivity index (χ1) is 9.19. The Hall–Kier alpha value is -1.29. The second-order valence-corrected chi connectivity index (χ2v) is 5.56. The lowest BCUT2D eigenvalue weighted by Gasteiger charge is -2.12. The summed E-state index contributed by atoms with van der Waals surface area (Å²) in [7, 11) is 0. The summed E-state index contributed by atoms with van der Waals surface area (Å²) in [5.41, 5.74) is 7.19. The van der Waals surface area contributed by atoms with Gasteiger partial charge in [0.1, 0.15) is 6.54 Å². The number of hydrogen-bond donors (Lipinski definition) is 2. The molecule has 2 rings (SSSR count). The van der Waals surface area contributed by atoms with Gasteiger partial charge in [0.25, 0.3) is 0 Å². The molecule has 0 bridgehead atoms. The monoisotopic (exact) mass is 263 g/mol. The van der Waals surface area contributed by atoms with Gasteiger partial charge in [0, 0.05) is 24.5 Å². The van der Waals surface area contributed by atoms with Crippen LogP contribution in [0.15, 0.2) is 18.5 Å². The average Bonchev–Trinajstić information content (AvgIpc) is 3.00. The van der Waals surface area contributed by atoms with E-state index in [0.717, 1.165) is 31.2 Å². The Morgan fingerprint density at radius 3 is 2.95 bits per heavy atom. The number of hydrogen-bond acceptors (Lipinski definition) is 2. The molecule has 4 heteroatoms. The topological polar surface area (TPSA) is 60.0 Å². The van der Waals surface area contributed by atoms with Crippen LogP contribution in [-0.2, 0) is 11.3 Å². The number of rotatable bonds is 6. The molecule has 4 nitrogen and oxygen atoms in total. The van der Waals surface area contributed by atoms with E-state index in [1.54, 1.807) is 0 Å². The molecule has 106 valence electrons. The van der Waals surface area contributed by atoms with Gasteiger partial charge in [-0.05, 0) is 30.9 Å². The van der Waals surface area contributed by atoms with Crippen LogP contribution in [-0.4, -0.2) is 16.5 Å². The highest BCUT2D eigenvalue weighted by atomic mass is 16.2. The summed E-state index contributed by atoms with van der Waals surface area (Å²) >= 11 is 0. The van der Waals surface area contributed by atoms with Crippen LogP contribution in [0.5, 0.6) is 0 Å². The Balaban J connectivity index is 1.83. The minimum Gasteiger partial charge on any atom is -0.352 e. The van der Waals surface area contributed by atoms with E-state index in [0.29, 0.717) is 12.6 Å². The molecule has 1 aromatic heterocycles. The number of amides is 1. The van der Waals surface area contributed by atoms with E-state index in [2.05, 4.69) is 12.2 Å². The Kier molecular flexibility index (Phi) is 5.02. The molecule has 19 heavy (non-hydrogen) atoms. The molecular weight excluding hydrogens is 238 g/mol. The molecule has 1 atom stereocenters. The van der Waals surface area contributed by atoms with Gasteiger partial charge in [-0.3, -0.25) is 4.79 Å². The minimum atomic E-state index is 0.0872.